The molecule has 2 aromatic carbocycles. The predicted octanol–water partition coefficient (Wildman–Crippen LogP) is 3.55. The van der Waals surface area contributed by atoms with Gasteiger partial charge in [-0.1, -0.05) is 30.3 Å². The van der Waals surface area contributed by atoms with Crippen LogP contribution in [0.25, 0.3) is 11.0 Å². The molecule has 0 spiro atoms. The zero-order chi connectivity index (χ0) is 22.6. The molecule has 31 heavy (non-hydrogen) atoms. The number of carbonyl (C=O) groups is 2. The van der Waals surface area contributed by atoms with E-state index >= 15 is 0 Å². The lowest BCUT2D eigenvalue weighted by molar-refractivity contribution is -0.129. The van der Waals surface area contributed by atoms with Crippen molar-refractivity contribution in [2.24, 2.45) is 5.84 Å². The highest BCUT2D eigenvalue weighted by atomic mass is 16.6. The van der Waals surface area contributed by atoms with Gasteiger partial charge in [0.25, 0.3) is 5.91 Å². The van der Waals surface area contributed by atoms with E-state index in [2.05, 4.69) is 0 Å². The number of benzene rings is 2. The Hall–Kier alpha value is -3.65. The summed E-state index contributed by atoms with van der Waals surface area (Å²) in [5.74, 6) is 5.29. The minimum absolute atomic E-state index is 0.0782. The van der Waals surface area contributed by atoms with Crippen molar-refractivity contribution < 1.29 is 23.5 Å². The number of fused-ring (bicyclic) bond motifs is 1. The van der Waals surface area contributed by atoms with Gasteiger partial charge in [-0.2, -0.15) is 5.01 Å². The monoisotopic (exact) mass is 424 g/mol. The maximum absolute atomic E-state index is 12.3. The predicted molar refractivity (Wildman–Crippen MR) is 114 cm³/mol. The van der Waals surface area contributed by atoms with Gasteiger partial charge in [0.1, 0.15) is 23.5 Å². The first kappa shape index (κ1) is 22.0. The minimum Gasteiger partial charge on any atom is -0.489 e. The first-order valence-corrected chi connectivity index (χ1v) is 9.66. The van der Waals surface area contributed by atoms with Gasteiger partial charge in [0.15, 0.2) is 0 Å². The van der Waals surface area contributed by atoms with E-state index in [4.69, 9.17) is 19.7 Å². The molecular formula is C23H24N2O6. The highest BCUT2D eigenvalue weighted by Gasteiger charge is 2.25. The summed E-state index contributed by atoms with van der Waals surface area (Å²) in [4.78, 5) is 36.6. The van der Waals surface area contributed by atoms with E-state index in [-0.39, 0.29) is 5.56 Å². The van der Waals surface area contributed by atoms with E-state index in [1.165, 1.54) is 6.07 Å². The number of imide groups is 1. The Bertz CT molecular complexity index is 1150. The summed E-state index contributed by atoms with van der Waals surface area (Å²) in [5.41, 5.74) is -0.0945. The average Bonchev–Trinajstić information content (AvgIpc) is 2.71. The molecule has 8 heteroatoms. The molecule has 8 nitrogen and oxygen atoms in total. The fourth-order valence-electron chi connectivity index (χ4n) is 2.75. The molecule has 0 bridgehead atoms. The summed E-state index contributed by atoms with van der Waals surface area (Å²) in [6.45, 7) is 5.33. The number of nitrogens with zero attached hydrogens (tertiary/aromatic N) is 1. The minimum atomic E-state index is -0.997. The molecule has 3 rings (SSSR count). The second-order valence-electron chi connectivity index (χ2n) is 7.95. The number of amides is 2. The van der Waals surface area contributed by atoms with Crippen molar-refractivity contribution in [1.82, 2.24) is 5.01 Å². The van der Waals surface area contributed by atoms with E-state index < -0.39 is 29.6 Å². The summed E-state index contributed by atoms with van der Waals surface area (Å²) >= 11 is 0. The van der Waals surface area contributed by atoms with Crippen molar-refractivity contribution in [2.75, 3.05) is 0 Å². The number of hydrogen-bond acceptors (Lipinski definition) is 7. The van der Waals surface area contributed by atoms with Crippen LogP contribution in [0, 0.1) is 0 Å². The lowest BCUT2D eigenvalue weighted by Crippen LogP contribution is -2.46. The largest absolute Gasteiger partial charge is 0.489 e. The van der Waals surface area contributed by atoms with E-state index in [1.807, 2.05) is 30.3 Å². The van der Waals surface area contributed by atoms with Crippen molar-refractivity contribution in [3.05, 3.63) is 76.1 Å². The first-order valence-electron chi connectivity index (χ1n) is 9.66. The number of nitrogens with two attached hydrogens (primary N) is 1. The Kier molecular flexibility index (Phi) is 6.41. The van der Waals surface area contributed by atoms with E-state index in [9.17, 15) is 14.4 Å². The molecule has 2 amide bonds. The third-order valence-electron chi connectivity index (χ3n) is 4.23. The van der Waals surface area contributed by atoms with Crippen LogP contribution in [0.5, 0.6) is 5.75 Å². The molecule has 0 saturated heterocycles. The quantitative estimate of drug-likeness (QED) is 0.288. The van der Waals surface area contributed by atoms with Gasteiger partial charge in [0.05, 0.1) is 6.42 Å². The average molecular weight is 424 g/mol. The van der Waals surface area contributed by atoms with E-state index in [0.29, 0.717) is 28.3 Å². The maximum Gasteiger partial charge on any atom is 0.431 e. The molecule has 0 unspecified atom stereocenters. The SMILES string of the molecule is CC(C)(C)OC(=O)N(N)C(=O)Cc1cc2ccc(OCc3ccccc3)cc2oc1=O. The van der Waals surface area contributed by atoms with Gasteiger partial charge in [-0.15, -0.1) is 0 Å². The molecule has 0 fully saturated rings. The van der Waals surface area contributed by atoms with E-state index in [1.54, 1.807) is 39.0 Å². The van der Waals surface area contributed by atoms with Crippen LogP contribution in [-0.2, 0) is 22.6 Å². The molecule has 162 valence electrons. The normalized spacial score (nSPS) is 11.2. The topological polar surface area (TPSA) is 112 Å². The third kappa shape index (κ3) is 5.93. The van der Waals surface area contributed by atoms with Crippen molar-refractivity contribution in [3.63, 3.8) is 0 Å². The molecule has 0 aliphatic rings. The summed E-state index contributed by atoms with van der Waals surface area (Å²) in [6, 6.07) is 16.3. The Labute approximate surface area is 179 Å². The summed E-state index contributed by atoms with van der Waals surface area (Å²) in [7, 11) is 0. The highest BCUT2D eigenvalue weighted by molar-refractivity contribution is 5.92. The molecule has 1 heterocycles. The second-order valence-corrected chi connectivity index (χ2v) is 7.95. The summed E-state index contributed by atoms with van der Waals surface area (Å²) in [6.07, 6.45) is -1.40. The van der Waals surface area contributed by atoms with Gasteiger partial charge in [-0.25, -0.2) is 15.4 Å². The zero-order valence-corrected chi connectivity index (χ0v) is 17.6. The zero-order valence-electron chi connectivity index (χ0n) is 17.6. The Morgan fingerprint density at radius 2 is 1.77 bits per heavy atom. The highest BCUT2D eigenvalue weighted by Crippen LogP contribution is 2.22. The van der Waals surface area contributed by atoms with Crippen molar-refractivity contribution in [1.29, 1.82) is 0 Å². The van der Waals surface area contributed by atoms with Crippen LogP contribution in [0.3, 0.4) is 0 Å². The van der Waals surface area contributed by atoms with E-state index in [0.717, 1.165) is 5.56 Å². The van der Waals surface area contributed by atoms with Gasteiger partial charge in [0, 0.05) is 17.0 Å². The molecule has 1 aromatic heterocycles. The van der Waals surface area contributed by atoms with Gasteiger partial charge >= 0.3 is 11.7 Å². The summed E-state index contributed by atoms with van der Waals surface area (Å²) < 4.78 is 16.1. The number of ether oxygens (including phenoxy) is 2. The lowest BCUT2D eigenvalue weighted by Gasteiger charge is -2.23. The molecule has 0 aliphatic heterocycles. The van der Waals surface area contributed by atoms with Crippen LogP contribution in [0.4, 0.5) is 4.79 Å². The standard InChI is InChI=1S/C23H24N2O6/c1-23(2,3)31-22(28)25(24)20(26)12-17-11-16-9-10-18(13-19(16)30-21(17)27)29-14-15-7-5-4-6-8-15/h4-11,13H,12,14,24H2,1-3H3. The van der Waals surface area contributed by atoms with Crippen LogP contribution < -0.4 is 16.2 Å². The maximum atomic E-state index is 12.3. The number of hydrazine groups is 1. The molecule has 2 N–H and O–H groups in total. The summed E-state index contributed by atoms with van der Waals surface area (Å²) in [5, 5.41) is 0.963. The Morgan fingerprint density at radius 3 is 2.45 bits per heavy atom. The van der Waals surface area contributed by atoms with Crippen molar-refractivity contribution in [2.45, 2.75) is 39.4 Å². The third-order valence-corrected chi connectivity index (χ3v) is 4.23. The van der Waals surface area contributed by atoms with Crippen LogP contribution >= 0.6 is 0 Å². The van der Waals surface area contributed by atoms with Gasteiger partial charge in [-0.05, 0) is 44.5 Å². The Balaban J connectivity index is 1.72. The molecule has 0 aliphatic carbocycles. The fourth-order valence-corrected chi connectivity index (χ4v) is 2.75. The van der Waals surface area contributed by atoms with Gasteiger partial charge < -0.3 is 13.9 Å². The van der Waals surface area contributed by atoms with Gasteiger partial charge in [-0.3, -0.25) is 4.79 Å². The number of hydrogen-bond donors (Lipinski definition) is 1. The van der Waals surface area contributed by atoms with Crippen LogP contribution in [-0.4, -0.2) is 22.6 Å². The fraction of sp³-hybridized carbons (Fsp3) is 0.261. The molecule has 3 aromatic rings. The first-order chi connectivity index (χ1) is 14.6. The number of rotatable bonds is 5. The Morgan fingerprint density at radius 1 is 1.06 bits per heavy atom. The van der Waals surface area contributed by atoms with Crippen molar-refractivity contribution >= 4 is 23.0 Å². The lowest BCUT2D eigenvalue weighted by atomic mass is 10.1. The molecule has 0 atom stereocenters. The second kappa shape index (κ2) is 9.01. The van der Waals surface area contributed by atoms with Crippen LogP contribution in [0.2, 0.25) is 0 Å². The molecule has 0 saturated carbocycles. The molecular weight excluding hydrogens is 400 g/mol. The van der Waals surface area contributed by atoms with Crippen molar-refractivity contribution in [3.8, 4) is 5.75 Å². The number of carbonyl (C=O) groups excluding carboxylic acids is 2. The van der Waals surface area contributed by atoms with Crippen LogP contribution in [0.1, 0.15) is 31.9 Å². The van der Waals surface area contributed by atoms with Gasteiger partial charge in [0.2, 0.25) is 0 Å². The smallest absolute Gasteiger partial charge is 0.431 e. The van der Waals surface area contributed by atoms with Crippen LogP contribution in [0.15, 0.2) is 63.8 Å². The molecule has 0 radical (unpaired) electrons.